The minimum absolute atomic E-state index is 0.160. The number of hydrogen-bond donors (Lipinski definition) is 1. The molecule has 2 aromatic heterocycles. The van der Waals surface area contributed by atoms with Gasteiger partial charge in [0.2, 0.25) is 0 Å². The summed E-state index contributed by atoms with van der Waals surface area (Å²) >= 11 is 0. The van der Waals surface area contributed by atoms with Crippen molar-refractivity contribution in [1.82, 2.24) is 15.1 Å². The van der Waals surface area contributed by atoms with Crippen LogP contribution in [-0.4, -0.2) is 16.3 Å². The van der Waals surface area contributed by atoms with Gasteiger partial charge in [-0.05, 0) is 25.1 Å². The first-order chi connectivity index (χ1) is 9.31. The first-order valence-corrected chi connectivity index (χ1v) is 7.13. The Labute approximate surface area is 114 Å². The third-order valence-electron chi connectivity index (χ3n) is 3.30. The molecule has 0 amide bonds. The predicted molar refractivity (Wildman–Crippen MR) is 76.1 cm³/mol. The van der Waals surface area contributed by atoms with E-state index in [0.717, 1.165) is 31.7 Å². The SMILES string of the molecule is CCCn1nccc1C(NCC)c1ccoc1CC. The van der Waals surface area contributed by atoms with Crippen LogP contribution in [0.4, 0.5) is 0 Å². The largest absolute Gasteiger partial charge is 0.469 e. The molecule has 4 nitrogen and oxygen atoms in total. The van der Waals surface area contributed by atoms with Crippen molar-refractivity contribution in [3.8, 4) is 0 Å². The molecular formula is C15H23N3O. The van der Waals surface area contributed by atoms with Crippen LogP contribution in [-0.2, 0) is 13.0 Å². The molecule has 104 valence electrons. The van der Waals surface area contributed by atoms with Gasteiger partial charge in [-0.3, -0.25) is 4.68 Å². The quantitative estimate of drug-likeness (QED) is 0.832. The highest BCUT2D eigenvalue weighted by Gasteiger charge is 2.21. The molecule has 0 bridgehead atoms. The van der Waals surface area contributed by atoms with Crippen molar-refractivity contribution in [1.29, 1.82) is 0 Å². The number of rotatable bonds is 7. The highest BCUT2D eigenvalue weighted by atomic mass is 16.3. The van der Waals surface area contributed by atoms with Crippen LogP contribution in [0.2, 0.25) is 0 Å². The monoisotopic (exact) mass is 261 g/mol. The van der Waals surface area contributed by atoms with Crippen LogP contribution < -0.4 is 5.32 Å². The lowest BCUT2D eigenvalue weighted by atomic mass is 10.0. The molecule has 1 N–H and O–H groups in total. The van der Waals surface area contributed by atoms with E-state index in [0.29, 0.717) is 0 Å². The van der Waals surface area contributed by atoms with Crippen molar-refractivity contribution in [2.24, 2.45) is 0 Å². The van der Waals surface area contributed by atoms with E-state index >= 15 is 0 Å². The van der Waals surface area contributed by atoms with Gasteiger partial charge in [-0.2, -0.15) is 5.10 Å². The molecule has 0 aliphatic rings. The van der Waals surface area contributed by atoms with Gasteiger partial charge in [-0.1, -0.05) is 20.8 Å². The summed E-state index contributed by atoms with van der Waals surface area (Å²) in [7, 11) is 0. The minimum Gasteiger partial charge on any atom is -0.469 e. The fraction of sp³-hybridized carbons (Fsp3) is 0.533. The van der Waals surface area contributed by atoms with E-state index in [1.54, 1.807) is 6.26 Å². The molecule has 2 rings (SSSR count). The summed E-state index contributed by atoms with van der Waals surface area (Å²) in [4.78, 5) is 0. The molecule has 1 unspecified atom stereocenters. The fourth-order valence-corrected chi connectivity index (χ4v) is 2.46. The number of aryl methyl sites for hydroxylation is 2. The Balaban J connectivity index is 2.36. The van der Waals surface area contributed by atoms with E-state index in [9.17, 15) is 0 Å². The van der Waals surface area contributed by atoms with Crippen molar-refractivity contribution in [2.45, 2.75) is 46.2 Å². The van der Waals surface area contributed by atoms with Crippen LogP contribution in [0.3, 0.4) is 0 Å². The van der Waals surface area contributed by atoms with Crippen molar-refractivity contribution in [3.63, 3.8) is 0 Å². The van der Waals surface area contributed by atoms with Gasteiger partial charge < -0.3 is 9.73 Å². The Kier molecular flexibility index (Phi) is 4.80. The van der Waals surface area contributed by atoms with E-state index in [4.69, 9.17) is 4.42 Å². The lowest BCUT2D eigenvalue weighted by Crippen LogP contribution is -2.25. The first kappa shape index (κ1) is 13.9. The number of furan rings is 1. The molecule has 2 heterocycles. The number of aromatic nitrogens is 2. The van der Waals surface area contributed by atoms with Gasteiger partial charge in [-0.15, -0.1) is 0 Å². The summed E-state index contributed by atoms with van der Waals surface area (Å²) < 4.78 is 7.65. The molecule has 0 saturated carbocycles. The van der Waals surface area contributed by atoms with E-state index < -0.39 is 0 Å². The minimum atomic E-state index is 0.160. The van der Waals surface area contributed by atoms with Gasteiger partial charge in [0.05, 0.1) is 18.0 Å². The average Bonchev–Trinajstić information content (AvgIpc) is 3.05. The fourth-order valence-electron chi connectivity index (χ4n) is 2.46. The zero-order valence-corrected chi connectivity index (χ0v) is 12.0. The van der Waals surface area contributed by atoms with E-state index in [2.05, 4.69) is 48.0 Å². The normalized spacial score (nSPS) is 12.8. The zero-order chi connectivity index (χ0) is 13.7. The first-order valence-electron chi connectivity index (χ1n) is 7.13. The standard InChI is InChI=1S/C15H23N3O/c1-4-10-18-13(7-9-17-18)15(16-6-3)12-8-11-19-14(12)5-2/h7-9,11,15-16H,4-6,10H2,1-3H3. The van der Waals surface area contributed by atoms with Crippen LogP contribution in [0.25, 0.3) is 0 Å². The van der Waals surface area contributed by atoms with Gasteiger partial charge in [0.1, 0.15) is 5.76 Å². The highest BCUT2D eigenvalue weighted by molar-refractivity contribution is 5.29. The number of hydrogen-bond acceptors (Lipinski definition) is 3. The van der Waals surface area contributed by atoms with Gasteiger partial charge in [-0.25, -0.2) is 0 Å². The third-order valence-corrected chi connectivity index (χ3v) is 3.30. The Hall–Kier alpha value is -1.55. The van der Waals surface area contributed by atoms with Crippen LogP contribution in [0.1, 0.15) is 50.3 Å². The van der Waals surface area contributed by atoms with Crippen LogP contribution in [0.15, 0.2) is 29.0 Å². The number of nitrogens with zero attached hydrogens (tertiary/aromatic N) is 2. The molecular weight excluding hydrogens is 238 g/mol. The van der Waals surface area contributed by atoms with Crippen molar-refractivity contribution < 1.29 is 4.42 Å². The molecule has 2 aromatic rings. The molecule has 0 saturated heterocycles. The molecule has 1 atom stereocenters. The van der Waals surface area contributed by atoms with Crippen LogP contribution >= 0.6 is 0 Å². The lowest BCUT2D eigenvalue weighted by Gasteiger charge is -2.19. The van der Waals surface area contributed by atoms with Crippen molar-refractivity contribution >= 4 is 0 Å². The summed E-state index contributed by atoms with van der Waals surface area (Å²) in [5.41, 5.74) is 2.43. The van der Waals surface area contributed by atoms with Gasteiger partial charge >= 0.3 is 0 Å². The maximum absolute atomic E-state index is 5.57. The summed E-state index contributed by atoms with van der Waals surface area (Å²) in [6.07, 6.45) is 5.64. The van der Waals surface area contributed by atoms with Gasteiger partial charge in [0, 0.05) is 24.7 Å². The molecule has 0 aromatic carbocycles. The summed E-state index contributed by atoms with van der Waals surface area (Å²) in [6.45, 7) is 8.27. The van der Waals surface area contributed by atoms with Crippen LogP contribution in [0.5, 0.6) is 0 Å². The maximum atomic E-state index is 5.57. The molecule has 4 heteroatoms. The van der Waals surface area contributed by atoms with Crippen molar-refractivity contribution in [3.05, 3.63) is 41.6 Å². The zero-order valence-electron chi connectivity index (χ0n) is 12.0. The summed E-state index contributed by atoms with van der Waals surface area (Å²) in [5, 5.41) is 7.96. The highest BCUT2D eigenvalue weighted by Crippen LogP contribution is 2.26. The van der Waals surface area contributed by atoms with E-state index in [1.165, 1.54) is 11.3 Å². The molecule has 0 spiro atoms. The Morgan fingerprint density at radius 1 is 1.32 bits per heavy atom. The summed E-state index contributed by atoms with van der Waals surface area (Å²) in [5.74, 6) is 1.05. The molecule has 0 aliphatic carbocycles. The molecule has 0 aliphatic heterocycles. The van der Waals surface area contributed by atoms with E-state index in [1.807, 2.05) is 6.20 Å². The second-order valence-corrected chi connectivity index (χ2v) is 4.62. The second-order valence-electron chi connectivity index (χ2n) is 4.62. The van der Waals surface area contributed by atoms with Gasteiger partial charge in [0.25, 0.3) is 0 Å². The topological polar surface area (TPSA) is 43.0 Å². The predicted octanol–water partition coefficient (Wildman–Crippen LogP) is 3.15. The molecule has 0 radical (unpaired) electrons. The maximum Gasteiger partial charge on any atom is 0.108 e. The summed E-state index contributed by atoms with van der Waals surface area (Å²) in [6, 6.07) is 4.32. The van der Waals surface area contributed by atoms with E-state index in [-0.39, 0.29) is 6.04 Å². The van der Waals surface area contributed by atoms with Gasteiger partial charge in [0.15, 0.2) is 0 Å². The third kappa shape index (κ3) is 2.89. The average molecular weight is 261 g/mol. The van der Waals surface area contributed by atoms with Crippen LogP contribution in [0, 0.1) is 0 Å². The molecule has 19 heavy (non-hydrogen) atoms. The Morgan fingerprint density at radius 3 is 2.84 bits per heavy atom. The Morgan fingerprint density at radius 2 is 2.16 bits per heavy atom. The number of nitrogens with one attached hydrogen (secondary N) is 1. The molecule has 0 fully saturated rings. The van der Waals surface area contributed by atoms with Crippen molar-refractivity contribution in [2.75, 3.05) is 6.54 Å². The Bertz CT molecular complexity index is 501. The lowest BCUT2D eigenvalue weighted by molar-refractivity contribution is 0.487. The smallest absolute Gasteiger partial charge is 0.108 e. The second kappa shape index (κ2) is 6.57.